The van der Waals surface area contributed by atoms with Crippen LogP contribution in [0.4, 0.5) is 0 Å². The lowest BCUT2D eigenvalue weighted by molar-refractivity contribution is -0.0181. The lowest BCUT2D eigenvalue weighted by Gasteiger charge is -2.37. The summed E-state index contributed by atoms with van der Waals surface area (Å²) in [5.74, 6) is 0.596. The van der Waals surface area contributed by atoms with Gasteiger partial charge in [0.1, 0.15) is 17.4 Å². The highest BCUT2D eigenvalue weighted by Crippen LogP contribution is 2.42. The van der Waals surface area contributed by atoms with Crippen molar-refractivity contribution in [1.29, 1.82) is 0 Å². The number of ether oxygens (including phenoxy) is 2. The Morgan fingerprint density at radius 3 is 1.97 bits per heavy atom. The SMILES string of the molecule is OC(c1cn(C(c2ccccc2)(c2ccccc2)c2ccccc2)cn1)c1cc(Cl)cc2c1OCOC2. The average Bonchev–Trinajstić information content (AvgIpc) is 3.45. The first kappa shape index (κ1) is 23.5. The number of aliphatic hydroxyl groups is 1. The largest absolute Gasteiger partial charge is 0.467 e. The number of fused-ring (bicyclic) bond motifs is 1. The molecule has 0 saturated carbocycles. The maximum Gasteiger partial charge on any atom is 0.189 e. The molecule has 4 aromatic carbocycles. The Morgan fingerprint density at radius 1 is 0.838 bits per heavy atom. The van der Waals surface area contributed by atoms with Gasteiger partial charge in [0.2, 0.25) is 0 Å². The molecule has 1 unspecified atom stereocenters. The van der Waals surface area contributed by atoms with E-state index in [4.69, 9.17) is 26.1 Å². The van der Waals surface area contributed by atoms with Crippen molar-refractivity contribution < 1.29 is 14.6 Å². The number of aromatic nitrogens is 2. The molecule has 5 nitrogen and oxygen atoms in total. The Bertz CT molecular complexity index is 1410. The molecular formula is C31H25ClN2O3. The monoisotopic (exact) mass is 508 g/mol. The van der Waals surface area contributed by atoms with E-state index in [-0.39, 0.29) is 6.79 Å². The van der Waals surface area contributed by atoms with Crippen LogP contribution in [0.1, 0.15) is 39.6 Å². The first-order valence-corrected chi connectivity index (χ1v) is 12.5. The van der Waals surface area contributed by atoms with Gasteiger partial charge in [-0.1, -0.05) is 103 Å². The zero-order chi connectivity index (χ0) is 25.2. The molecule has 1 aromatic heterocycles. The molecule has 1 N–H and O–H groups in total. The number of hydrogen-bond acceptors (Lipinski definition) is 4. The molecule has 0 radical (unpaired) electrons. The normalized spacial score (nSPS) is 14.0. The molecule has 6 rings (SSSR count). The van der Waals surface area contributed by atoms with Crippen molar-refractivity contribution in [3.8, 4) is 5.75 Å². The molecule has 2 heterocycles. The molecular weight excluding hydrogens is 484 g/mol. The summed E-state index contributed by atoms with van der Waals surface area (Å²) in [4.78, 5) is 4.70. The van der Waals surface area contributed by atoms with Gasteiger partial charge >= 0.3 is 0 Å². The molecule has 0 spiro atoms. The van der Waals surface area contributed by atoms with Gasteiger partial charge in [-0.2, -0.15) is 0 Å². The fraction of sp³-hybridized carbons (Fsp3) is 0.129. The molecule has 1 aliphatic heterocycles. The van der Waals surface area contributed by atoms with E-state index in [1.165, 1.54) is 0 Å². The van der Waals surface area contributed by atoms with Crippen LogP contribution < -0.4 is 4.74 Å². The smallest absolute Gasteiger partial charge is 0.189 e. The van der Waals surface area contributed by atoms with E-state index in [9.17, 15) is 5.11 Å². The number of rotatable bonds is 6. The van der Waals surface area contributed by atoms with E-state index in [0.717, 1.165) is 22.3 Å². The Labute approximate surface area is 220 Å². The number of halogens is 1. The highest BCUT2D eigenvalue weighted by molar-refractivity contribution is 6.30. The second kappa shape index (κ2) is 9.87. The number of imidazole rings is 1. The van der Waals surface area contributed by atoms with Gasteiger partial charge in [-0.3, -0.25) is 0 Å². The highest BCUT2D eigenvalue weighted by Gasteiger charge is 2.39. The van der Waals surface area contributed by atoms with Crippen molar-refractivity contribution >= 4 is 11.6 Å². The summed E-state index contributed by atoms with van der Waals surface area (Å²) in [5, 5.41) is 12.0. The van der Waals surface area contributed by atoms with E-state index >= 15 is 0 Å². The summed E-state index contributed by atoms with van der Waals surface area (Å²) >= 11 is 6.38. The van der Waals surface area contributed by atoms with Crippen molar-refractivity contribution in [2.24, 2.45) is 0 Å². The summed E-state index contributed by atoms with van der Waals surface area (Å²) in [6.07, 6.45) is 2.66. The molecule has 1 aliphatic rings. The van der Waals surface area contributed by atoms with Gasteiger partial charge in [-0.15, -0.1) is 0 Å². The molecule has 0 aliphatic carbocycles. The molecule has 0 bridgehead atoms. The third-order valence-corrected chi connectivity index (χ3v) is 7.06. The van der Waals surface area contributed by atoms with Gasteiger partial charge in [0.15, 0.2) is 6.79 Å². The van der Waals surface area contributed by atoms with E-state index in [2.05, 4.69) is 41.0 Å². The number of benzene rings is 4. The minimum atomic E-state index is -1.04. The molecule has 37 heavy (non-hydrogen) atoms. The second-order valence-electron chi connectivity index (χ2n) is 9.01. The van der Waals surface area contributed by atoms with Crippen LogP contribution in [0.15, 0.2) is 116 Å². The Morgan fingerprint density at radius 2 is 1.41 bits per heavy atom. The molecule has 1 atom stereocenters. The fourth-order valence-corrected chi connectivity index (χ4v) is 5.47. The summed E-state index contributed by atoms with van der Waals surface area (Å²) in [6.45, 7) is 0.505. The highest BCUT2D eigenvalue weighted by atomic mass is 35.5. The zero-order valence-electron chi connectivity index (χ0n) is 20.0. The fourth-order valence-electron chi connectivity index (χ4n) is 5.22. The summed E-state index contributed by atoms with van der Waals surface area (Å²) in [5.41, 5.74) is 4.38. The van der Waals surface area contributed by atoms with Gasteiger partial charge in [0.05, 0.1) is 18.6 Å². The maximum absolute atomic E-state index is 11.5. The van der Waals surface area contributed by atoms with Crippen molar-refractivity contribution in [2.45, 2.75) is 18.2 Å². The van der Waals surface area contributed by atoms with Gasteiger partial charge in [0.25, 0.3) is 0 Å². The predicted octanol–water partition coefficient (Wildman–Crippen LogP) is 6.32. The Kier molecular flexibility index (Phi) is 6.26. The van der Waals surface area contributed by atoms with Gasteiger partial charge in [-0.05, 0) is 28.8 Å². The Balaban J connectivity index is 1.55. The molecule has 184 valence electrons. The third kappa shape index (κ3) is 4.11. The van der Waals surface area contributed by atoms with Crippen molar-refractivity contribution in [2.75, 3.05) is 6.79 Å². The van der Waals surface area contributed by atoms with E-state index in [1.54, 1.807) is 18.5 Å². The van der Waals surface area contributed by atoms with E-state index in [1.807, 2.05) is 60.8 Å². The van der Waals surface area contributed by atoms with Crippen molar-refractivity contribution in [1.82, 2.24) is 9.55 Å². The summed E-state index contributed by atoms with van der Waals surface area (Å²) < 4.78 is 13.2. The summed E-state index contributed by atoms with van der Waals surface area (Å²) in [6, 6.07) is 34.6. The zero-order valence-corrected chi connectivity index (χ0v) is 20.8. The lowest BCUT2D eigenvalue weighted by atomic mass is 9.77. The average molecular weight is 509 g/mol. The number of aliphatic hydroxyl groups excluding tert-OH is 1. The summed E-state index contributed by atoms with van der Waals surface area (Å²) in [7, 11) is 0. The lowest BCUT2D eigenvalue weighted by Crippen LogP contribution is -2.37. The minimum Gasteiger partial charge on any atom is -0.467 e. The third-order valence-electron chi connectivity index (χ3n) is 6.84. The van der Waals surface area contributed by atoms with Gasteiger partial charge in [-0.25, -0.2) is 4.98 Å². The molecule has 5 aromatic rings. The first-order valence-electron chi connectivity index (χ1n) is 12.1. The van der Waals surface area contributed by atoms with Gasteiger partial charge < -0.3 is 19.1 Å². The Hall–Kier alpha value is -3.90. The van der Waals surface area contributed by atoms with E-state index < -0.39 is 11.6 Å². The van der Waals surface area contributed by atoms with Crippen LogP contribution >= 0.6 is 11.6 Å². The molecule has 6 heteroatoms. The van der Waals surface area contributed by atoms with Crippen LogP contribution in [0.3, 0.4) is 0 Å². The second-order valence-corrected chi connectivity index (χ2v) is 9.45. The van der Waals surface area contributed by atoms with Crippen LogP contribution in [0.5, 0.6) is 5.75 Å². The topological polar surface area (TPSA) is 56.5 Å². The quantitative estimate of drug-likeness (QED) is 0.272. The van der Waals surface area contributed by atoms with Crippen LogP contribution in [0.25, 0.3) is 0 Å². The van der Waals surface area contributed by atoms with Crippen LogP contribution in [0.2, 0.25) is 5.02 Å². The van der Waals surface area contributed by atoms with Crippen LogP contribution in [-0.4, -0.2) is 21.5 Å². The van der Waals surface area contributed by atoms with E-state index in [0.29, 0.717) is 28.6 Å². The first-order chi connectivity index (χ1) is 18.2. The van der Waals surface area contributed by atoms with Crippen molar-refractivity contribution in [3.63, 3.8) is 0 Å². The molecule has 0 saturated heterocycles. The number of hydrogen-bond donors (Lipinski definition) is 1. The standard InChI is InChI=1S/C31H25ClN2O3/c32-26-16-22-19-36-21-37-30(22)27(17-26)29(35)28-18-34(20-33-28)31(23-10-4-1-5-11-23,24-12-6-2-7-13-24)25-14-8-3-9-15-25/h1-18,20,29,35H,19,21H2. The predicted molar refractivity (Wildman–Crippen MR) is 143 cm³/mol. The maximum atomic E-state index is 11.5. The van der Waals surface area contributed by atoms with Gasteiger partial charge in [0, 0.05) is 22.3 Å². The van der Waals surface area contributed by atoms with Crippen LogP contribution in [-0.2, 0) is 16.9 Å². The van der Waals surface area contributed by atoms with Crippen LogP contribution in [0, 0.1) is 0 Å². The molecule has 0 amide bonds. The minimum absolute atomic E-state index is 0.127. The molecule has 0 fully saturated rings. The van der Waals surface area contributed by atoms with Crippen molar-refractivity contribution in [3.05, 3.63) is 154 Å². The number of nitrogens with zero attached hydrogens (tertiary/aromatic N) is 2.